The van der Waals surface area contributed by atoms with Gasteiger partial charge >= 0.3 is 0 Å². The molecule has 0 aliphatic rings. The summed E-state index contributed by atoms with van der Waals surface area (Å²) in [5.74, 6) is 0.123. The third kappa shape index (κ3) is 4.86. The lowest BCUT2D eigenvalue weighted by Crippen LogP contribution is -2.22. The molecule has 1 aromatic carbocycles. The minimum atomic E-state index is -0.569. The van der Waals surface area contributed by atoms with Crippen molar-refractivity contribution in [3.05, 3.63) is 41.2 Å². The summed E-state index contributed by atoms with van der Waals surface area (Å²) >= 11 is 0. The largest absolute Gasteiger partial charge is 0.310 e. The van der Waals surface area contributed by atoms with Gasteiger partial charge in [-0.3, -0.25) is 0 Å². The SMILES string of the molecule is CC(C)CNCc1nnnn1CCc1cc(F)cc(F)c1. The van der Waals surface area contributed by atoms with E-state index in [1.807, 2.05) is 0 Å². The molecule has 1 aromatic heterocycles. The average Bonchev–Trinajstić information content (AvgIpc) is 2.82. The van der Waals surface area contributed by atoms with E-state index in [2.05, 4.69) is 34.7 Å². The van der Waals surface area contributed by atoms with Gasteiger partial charge in [0.25, 0.3) is 0 Å². The highest BCUT2D eigenvalue weighted by Gasteiger charge is 2.07. The van der Waals surface area contributed by atoms with Crippen molar-refractivity contribution in [1.29, 1.82) is 0 Å². The summed E-state index contributed by atoms with van der Waals surface area (Å²) in [6.45, 7) is 6.17. The van der Waals surface area contributed by atoms with E-state index in [4.69, 9.17) is 0 Å². The number of tetrazole rings is 1. The predicted molar refractivity (Wildman–Crippen MR) is 74.4 cm³/mol. The molecule has 7 heteroatoms. The van der Waals surface area contributed by atoms with Crippen molar-refractivity contribution in [3.63, 3.8) is 0 Å². The van der Waals surface area contributed by atoms with Crippen molar-refractivity contribution in [1.82, 2.24) is 25.5 Å². The fourth-order valence-electron chi connectivity index (χ4n) is 1.99. The topological polar surface area (TPSA) is 55.6 Å². The summed E-state index contributed by atoms with van der Waals surface area (Å²) in [5.41, 5.74) is 0.587. The van der Waals surface area contributed by atoms with Gasteiger partial charge in [-0.25, -0.2) is 13.5 Å². The Morgan fingerprint density at radius 1 is 1.19 bits per heavy atom. The molecule has 0 radical (unpaired) electrons. The first kappa shape index (κ1) is 15.5. The van der Waals surface area contributed by atoms with Gasteiger partial charge in [0.1, 0.15) is 11.6 Å². The molecule has 0 saturated carbocycles. The van der Waals surface area contributed by atoms with Crippen LogP contribution in [0.3, 0.4) is 0 Å². The Morgan fingerprint density at radius 2 is 1.90 bits per heavy atom. The first-order valence-corrected chi connectivity index (χ1v) is 6.95. The molecule has 0 fully saturated rings. The minimum Gasteiger partial charge on any atom is -0.310 e. The lowest BCUT2D eigenvalue weighted by atomic mass is 10.1. The van der Waals surface area contributed by atoms with Crippen molar-refractivity contribution in [2.75, 3.05) is 6.54 Å². The predicted octanol–water partition coefficient (Wildman–Crippen LogP) is 1.94. The average molecular weight is 295 g/mol. The summed E-state index contributed by atoms with van der Waals surface area (Å²) in [6.07, 6.45) is 0.469. The van der Waals surface area contributed by atoms with E-state index in [9.17, 15) is 8.78 Å². The van der Waals surface area contributed by atoms with Crippen LogP contribution in [-0.2, 0) is 19.5 Å². The molecule has 0 aliphatic heterocycles. The van der Waals surface area contributed by atoms with Crippen molar-refractivity contribution in [2.24, 2.45) is 5.92 Å². The zero-order valence-electron chi connectivity index (χ0n) is 12.2. The van der Waals surface area contributed by atoms with Crippen LogP contribution in [0.15, 0.2) is 18.2 Å². The van der Waals surface area contributed by atoms with E-state index in [1.54, 1.807) is 4.68 Å². The second kappa shape index (κ2) is 7.21. The van der Waals surface area contributed by atoms with Crippen LogP contribution in [0, 0.1) is 17.6 Å². The first-order valence-electron chi connectivity index (χ1n) is 6.95. The van der Waals surface area contributed by atoms with E-state index in [0.717, 1.165) is 12.6 Å². The molecule has 0 aliphatic carbocycles. The highest BCUT2D eigenvalue weighted by molar-refractivity contribution is 5.17. The van der Waals surface area contributed by atoms with Gasteiger partial charge in [-0.2, -0.15) is 0 Å². The van der Waals surface area contributed by atoms with E-state index < -0.39 is 11.6 Å². The molecule has 1 N–H and O–H groups in total. The van der Waals surface area contributed by atoms with Crippen LogP contribution in [0.5, 0.6) is 0 Å². The molecule has 1 heterocycles. The van der Waals surface area contributed by atoms with Crippen LogP contribution in [-0.4, -0.2) is 26.8 Å². The number of aryl methyl sites for hydroxylation is 2. The maximum absolute atomic E-state index is 13.1. The fraction of sp³-hybridized carbons (Fsp3) is 0.500. The van der Waals surface area contributed by atoms with Crippen LogP contribution in [0.2, 0.25) is 0 Å². The lowest BCUT2D eigenvalue weighted by Gasteiger charge is -2.08. The summed E-state index contributed by atoms with van der Waals surface area (Å²) in [5, 5.41) is 14.8. The van der Waals surface area contributed by atoms with E-state index in [1.165, 1.54) is 12.1 Å². The zero-order valence-corrected chi connectivity index (χ0v) is 12.2. The van der Waals surface area contributed by atoms with E-state index >= 15 is 0 Å². The molecule has 2 rings (SSSR count). The van der Waals surface area contributed by atoms with Crippen LogP contribution in [0.4, 0.5) is 8.78 Å². The minimum absolute atomic E-state index is 0.469. The van der Waals surface area contributed by atoms with Gasteiger partial charge in [0, 0.05) is 12.6 Å². The Bertz CT molecular complexity index is 562. The molecule has 0 bridgehead atoms. The molecule has 5 nitrogen and oxygen atoms in total. The van der Waals surface area contributed by atoms with Crippen molar-refractivity contribution < 1.29 is 8.78 Å². The number of halogens is 2. The van der Waals surface area contributed by atoms with Crippen molar-refractivity contribution in [3.8, 4) is 0 Å². The summed E-state index contributed by atoms with van der Waals surface area (Å²) in [6, 6.07) is 3.51. The molecular weight excluding hydrogens is 276 g/mol. The van der Waals surface area contributed by atoms with E-state index in [0.29, 0.717) is 36.8 Å². The second-order valence-electron chi connectivity index (χ2n) is 5.37. The highest BCUT2D eigenvalue weighted by atomic mass is 19.1. The Kier molecular flexibility index (Phi) is 5.32. The third-order valence-electron chi connectivity index (χ3n) is 2.98. The maximum Gasteiger partial charge on any atom is 0.165 e. The van der Waals surface area contributed by atoms with Gasteiger partial charge in [0.2, 0.25) is 0 Å². The number of rotatable bonds is 7. The highest BCUT2D eigenvalue weighted by Crippen LogP contribution is 2.09. The molecule has 0 saturated heterocycles. The monoisotopic (exact) mass is 295 g/mol. The second-order valence-corrected chi connectivity index (χ2v) is 5.37. The van der Waals surface area contributed by atoms with E-state index in [-0.39, 0.29) is 0 Å². The molecule has 0 spiro atoms. The van der Waals surface area contributed by atoms with Gasteiger partial charge in [-0.05, 0) is 47.0 Å². The number of hydrogen-bond donors (Lipinski definition) is 1. The van der Waals surface area contributed by atoms with Gasteiger partial charge in [0.05, 0.1) is 6.54 Å². The van der Waals surface area contributed by atoms with Crippen molar-refractivity contribution in [2.45, 2.75) is 33.4 Å². The Balaban J connectivity index is 1.92. The maximum atomic E-state index is 13.1. The molecule has 21 heavy (non-hydrogen) atoms. The molecular formula is C14H19F2N5. The number of hydrogen-bond acceptors (Lipinski definition) is 4. The number of benzene rings is 1. The van der Waals surface area contributed by atoms with Crippen LogP contribution >= 0.6 is 0 Å². The summed E-state index contributed by atoms with van der Waals surface area (Å²) in [4.78, 5) is 0. The van der Waals surface area contributed by atoms with Crippen molar-refractivity contribution >= 4 is 0 Å². The Morgan fingerprint density at radius 3 is 2.57 bits per heavy atom. The molecule has 0 atom stereocenters. The zero-order chi connectivity index (χ0) is 15.2. The Hall–Kier alpha value is -1.89. The molecule has 0 unspecified atom stereocenters. The molecule has 0 amide bonds. The van der Waals surface area contributed by atoms with Crippen LogP contribution in [0.1, 0.15) is 25.2 Å². The smallest absolute Gasteiger partial charge is 0.165 e. The van der Waals surface area contributed by atoms with Gasteiger partial charge in [0.15, 0.2) is 5.82 Å². The first-order chi connectivity index (χ1) is 10.0. The summed E-state index contributed by atoms with van der Waals surface area (Å²) < 4.78 is 27.9. The van der Waals surface area contributed by atoms with Crippen LogP contribution in [0.25, 0.3) is 0 Å². The van der Waals surface area contributed by atoms with Gasteiger partial charge in [-0.15, -0.1) is 5.10 Å². The molecule has 114 valence electrons. The fourth-order valence-corrected chi connectivity index (χ4v) is 1.99. The van der Waals surface area contributed by atoms with Gasteiger partial charge in [-0.1, -0.05) is 13.8 Å². The Labute approximate surface area is 122 Å². The quantitative estimate of drug-likeness (QED) is 0.848. The number of aromatic nitrogens is 4. The van der Waals surface area contributed by atoms with Gasteiger partial charge < -0.3 is 5.32 Å². The molecule has 2 aromatic rings. The standard InChI is InChI=1S/C14H19F2N5/c1-10(2)8-17-9-14-18-19-20-21(14)4-3-11-5-12(15)7-13(16)6-11/h5-7,10,17H,3-4,8-9H2,1-2H3. The van der Waals surface area contributed by atoms with Crippen LogP contribution < -0.4 is 5.32 Å². The third-order valence-corrected chi connectivity index (χ3v) is 2.98. The lowest BCUT2D eigenvalue weighted by molar-refractivity contribution is 0.508. The normalized spacial score (nSPS) is 11.3. The number of nitrogens with one attached hydrogen (secondary N) is 1. The summed E-state index contributed by atoms with van der Waals surface area (Å²) in [7, 11) is 0. The number of nitrogens with zero attached hydrogens (tertiary/aromatic N) is 4.